The third kappa shape index (κ3) is 4.50. The van der Waals surface area contributed by atoms with Gasteiger partial charge in [-0.15, -0.1) is 0 Å². The zero-order chi connectivity index (χ0) is 19.3. The number of halogens is 2. The van der Waals surface area contributed by atoms with Crippen molar-refractivity contribution in [3.05, 3.63) is 41.2 Å². The van der Waals surface area contributed by atoms with Gasteiger partial charge in [-0.25, -0.2) is 8.78 Å². The SMILES string of the molecule is COc1ccc(CCNC(=O)C(C)n2nc(C(F)F)cc2C)cc1OC. The summed E-state index contributed by atoms with van der Waals surface area (Å²) in [5, 5.41) is 6.62. The van der Waals surface area contributed by atoms with Gasteiger partial charge in [-0.3, -0.25) is 9.48 Å². The van der Waals surface area contributed by atoms with Crippen molar-refractivity contribution < 1.29 is 23.0 Å². The molecule has 1 amide bonds. The fourth-order valence-electron chi connectivity index (χ4n) is 2.64. The topological polar surface area (TPSA) is 65.4 Å². The Labute approximate surface area is 151 Å². The molecule has 0 fully saturated rings. The molecule has 0 spiro atoms. The van der Waals surface area contributed by atoms with Gasteiger partial charge >= 0.3 is 0 Å². The lowest BCUT2D eigenvalue weighted by atomic mass is 10.1. The van der Waals surface area contributed by atoms with Crippen LogP contribution in [0, 0.1) is 6.92 Å². The summed E-state index contributed by atoms with van der Waals surface area (Å²) in [6.45, 7) is 3.67. The van der Waals surface area contributed by atoms with Gasteiger partial charge in [0.15, 0.2) is 11.5 Å². The second kappa shape index (κ2) is 8.64. The van der Waals surface area contributed by atoms with Crippen molar-refractivity contribution in [2.45, 2.75) is 32.7 Å². The van der Waals surface area contributed by atoms with Crippen LogP contribution in [0.4, 0.5) is 8.78 Å². The molecule has 0 saturated carbocycles. The van der Waals surface area contributed by atoms with E-state index in [4.69, 9.17) is 9.47 Å². The van der Waals surface area contributed by atoms with Gasteiger partial charge in [-0.1, -0.05) is 6.07 Å². The molecule has 1 aromatic heterocycles. The number of methoxy groups -OCH3 is 2. The van der Waals surface area contributed by atoms with Gasteiger partial charge in [0.05, 0.1) is 14.2 Å². The molecule has 1 aromatic carbocycles. The molecule has 26 heavy (non-hydrogen) atoms. The number of nitrogens with one attached hydrogen (secondary N) is 1. The summed E-state index contributed by atoms with van der Waals surface area (Å²) in [4.78, 5) is 12.3. The molecule has 142 valence electrons. The molecule has 0 radical (unpaired) electrons. The highest BCUT2D eigenvalue weighted by molar-refractivity contribution is 5.79. The zero-order valence-electron chi connectivity index (χ0n) is 15.3. The molecule has 0 aliphatic carbocycles. The van der Waals surface area contributed by atoms with Crippen molar-refractivity contribution in [1.82, 2.24) is 15.1 Å². The Hall–Kier alpha value is -2.64. The number of aromatic nitrogens is 2. The Bertz CT molecular complexity index is 762. The average Bonchev–Trinajstić information content (AvgIpc) is 3.02. The summed E-state index contributed by atoms with van der Waals surface area (Å²) in [6, 6.07) is 6.16. The van der Waals surface area contributed by atoms with Crippen LogP contribution in [0.25, 0.3) is 0 Å². The van der Waals surface area contributed by atoms with Crippen LogP contribution in [-0.2, 0) is 11.2 Å². The van der Waals surface area contributed by atoms with Crippen LogP contribution in [0.15, 0.2) is 24.3 Å². The van der Waals surface area contributed by atoms with Gasteiger partial charge in [0.2, 0.25) is 5.91 Å². The van der Waals surface area contributed by atoms with Crippen LogP contribution >= 0.6 is 0 Å². The van der Waals surface area contributed by atoms with E-state index in [1.807, 2.05) is 12.1 Å². The molecule has 2 rings (SSSR count). The second-order valence-corrected chi connectivity index (χ2v) is 5.86. The number of alkyl halides is 2. The van der Waals surface area contributed by atoms with Gasteiger partial charge < -0.3 is 14.8 Å². The Morgan fingerprint density at radius 1 is 1.23 bits per heavy atom. The molecule has 1 unspecified atom stereocenters. The smallest absolute Gasteiger partial charge is 0.282 e. The molecule has 1 atom stereocenters. The van der Waals surface area contributed by atoms with E-state index in [9.17, 15) is 13.6 Å². The number of hydrogen-bond donors (Lipinski definition) is 1. The largest absolute Gasteiger partial charge is 0.493 e. The van der Waals surface area contributed by atoms with Gasteiger partial charge in [0.25, 0.3) is 6.43 Å². The summed E-state index contributed by atoms with van der Waals surface area (Å²) in [6.07, 6.45) is -2.06. The highest BCUT2D eigenvalue weighted by atomic mass is 19.3. The number of ether oxygens (including phenoxy) is 2. The number of carbonyl (C=O) groups excluding carboxylic acids is 1. The van der Waals surface area contributed by atoms with Crippen LogP contribution < -0.4 is 14.8 Å². The van der Waals surface area contributed by atoms with Gasteiger partial charge in [-0.2, -0.15) is 5.10 Å². The minimum absolute atomic E-state index is 0.280. The number of aryl methyl sites for hydroxylation is 1. The maximum atomic E-state index is 12.7. The third-order valence-electron chi connectivity index (χ3n) is 4.07. The van der Waals surface area contributed by atoms with Crippen molar-refractivity contribution in [3.63, 3.8) is 0 Å². The van der Waals surface area contributed by atoms with E-state index < -0.39 is 12.5 Å². The first-order valence-electron chi connectivity index (χ1n) is 8.20. The van der Waals surface area contributed by atoms with Crippen molar-refractivity contribution in [2.75, 3.05) is 20.8 Å². The number of benzene rings is 1. The standard InChI is InChI=1S/C18H23F2N3O3/c1-11-9-14(17(19)20)22-23(11)12(2)18(24)21-8-7-13-5-6-15(25-3)16(10-13)26-4/h5-6,9-10,12,17H,7-8H2,1-4H3,(H,21,24). The van der Waals surface area contributed by atoms with Crippen LogP contribution in [0.3, 0.4) is 0 Å². The van der Waals surface area contributed by atoms with E-state index in [1.54, 1.807) is 34.1 Å². The lowest BCUT2D eigenvalue weighted by Gasteiger charge is -2.15. The minimum Gasteiger partial charge on any atom is -0.493 e. The molecule has 0 aliphatic rings. The Kier molecular flexibility index (Phi) is 6.54. The van der Waals surface area contributed by atoms with E-state index in [-0.39, 0.29) is 11.6 Å². The zero-order valence-corrected chi connectivity index (χ0v) is 15.3. The Morgan fingerprint density at radius 3 is 2.50 bits per heavy atom. The Balaban J connectivity index is 1.94. The first kappa shape index (κ1) is 19.7. The second-order valence-electron chi connectivity index (χ2n) is 5.86. The summed E-state index contributed by atoms with van der Waals surface area (Å²) in [7, 11) is 3.13. The third-order valence-corrected chi connectivity index (χ3v) is 4.07. The first-order chi connectivity index (χ1) is 12.4. The normalized spacial score (nSPS) is 12.1. The molecular weight excluding hydrogens is 344 g/mol. The minimum atomic E-state index is -2.66. The molecule has 1 heterocycles. The van der Waals surface area contributed by atoms with Gasteiger partial charge in [0.1, 0.15) is 11.7 Å². The average molecular weight is 367 g/mol. The first-order valence-corrected chi connectivity index (χ1v) is 8.20. The number of hydrogen-bond acceptors (Lipinski definition) is 4. The van der Waals surface area contributed by atoms with Gasteiger partial charge in [0, 0.05) is 12.2 Å². The van der Waals surface area contributed by atoms with Crippen LogP contribution in [0.2, 0.25) is 0 Å². The molecule has 0 saturated heterocycles. The highest BCUT2D eigenvalue weighted by Crippen LogP contribution is 2.27. The molecule has 8 heteroatoms. The monoisotopic (exact) mass is 367 g/mol. The fourth-order valence-corrected chi connectivity index (χ4v) is 2.64. The summed E-state index contributed by atoms with van der Waals surface area (Å²) >= 11 is 0. The van der Waals surface area contributed by atoms with Crippen LogP contribution in [0.1, 0.15) is 36.3 Å². The number of rotatable bonds is 8. The summed E-state index contributed by atoms with van der Waals surface area (Å²) in [5.41, 5.74) is 1.17. The predicted octanol–water partition coefficient (Wildman–Crippen LogP) is 3.07. The van der Waals surface area contributed by atoms with E-state index in [0.29, 0.717) is 30.2 Å². The number of amides is 1. The summed E-state index contributed by atoms with van der Waals surface area (Å²) < 4.78 is 37.2. The van der Waals surface area contributed by atoms with Crippen molar-refractivity contribution in [3.8, 4) is 11.5 Å². The number of carbonyl (C=O) groups is 1. The maximum Gasteiger partial charge on any atom is 0.282 e. The van der Waals surface area contributed by atoms with E-state index >= 15 is 0 Å². The lowest BCUT2D eigenvalue weighted by Crippen LogP contribution is -2.33. The maximum absolute atomic E-state index is 12.7. The molecule has 1 N–H and O–H groups in total. The molecular formula is C18H23F2N3O3. The Morgan fingerprint density at radius 2 is 1.92 bits per heavy atom. The molecule has 2 aromatic rings. The van der Waals surface area contributed by atoms with E-state index in [2.05, 4.69) is 10.4 Å². The molecule has 0 bridgehead atoms. The van der Waals surface area contributed by atoms with E-state index in [1.165, 1.54) is 10.7 Å². The van der Waals surface area contributed by atoms with Crippen molar-refractivity contribution in [2.24, 2.45) is 0 Å². The highest BCUT2D eigenvalue weighted by Gasteiger charge is 2.21. The van der Waals surface area contributed by atoms with Crippen LogP contribution in [-0.4, -0.2) is 36.5 Å². The van der Waals surface area contributed by atoms with Crippen molar-refractivity contribution >= 4 is 5.91 Å². The quantitative estimate of drug-likeness (QED) is 0.779. The predicted molar refractivity (Wildman–Crippen MR) is 92.9 cm³/mol. The lowest BCUT2D eigenvalue weighted by molar-refractivity contribution is -0.124. The van der Waals surface area contributed by atoms with Crippen LogP contribution in [0.5, 0.6) is 11.5 Å². The summed E-state index contributed by atoms with van der Waals surface area (Å²) in [5.74, 6) is 0.979. The van der Waals surface area contributed by atoms with E-state index in [0.717, 1.165) is 5.56 Å². The van der Waals surface area contributed by atoms with Gasteiger partial charge in [-0.05, 0) is 44.0 Å². The molecule has 6 nitrogen and oxygen atoms in total. The fraction of sp³-hybridized carbons (Fsp3) is 0.444. The molecule has 0 aliphatic heterocycles. The number of nitrogens with zero attached hydrogens (tertiary/aromatic N) is 2. The van der Waals surface area contributed by atoms with Crippen molar-refractivity contribution in [1.29, 1.82) is 0 Å².